The van der Waals surface area contributed by atoms with Gasteiger partial charge in [-0.05, 0) is 41.6 Å². The van der Waals surface area contributed by atoms with Gasteiger partial charge in [-0.1, -0.05) is 12.1 Å². The second-order valence-corrected chi connectivity index (χ2v) is 6.63. The molecule has 1 unspecified atom stereocenters. The van der Waals surface area contributed by atoms with E-state index < -0.39 is 6.04 Å². The van der Waals surface area contributed by atoms with Crippen molar-refractivity contribution in [3.8, 4) is 0 Å². The molecule has 1 aromatic rings. The van der Waals surface area contributed by atoms with E-state index in [2.05, 4.69) is 22.6 Å². The van der Waals surface area contributed by atoms with Crippen LogP contribution in [0.4, 0.5) is 0 Å². The van der Waals surface area contributed by atoms with Gasteiger partial charge in [0.15, 0.2) is 0 Å². The maximum absolute atomic E-state index is 12.6. The van der Waals surface area contributed by atoms with Crippen LogP contribution in [0.1, 0.15) is 17.3 Å². The van der Waals surface area contributed by atoms with Gasteiger partial charge in [-0.3, -0.25) is 4.79 Å². The minimum Gasteiger partial charge on any atom is -0.464 e. The number of rotatable bonds is 3. The molecule has 0 radical (unpaired) electrons. The summed E-state index contributed by atoms with van der Waals surface area (Å²) in [6.07, 6.45) is 0. The molecule has 108 valence electrons. The number of hydrogen-bond donors (Lipinski definition) is 0. The molecule has 0 bridgehead atoms. The quantitative estimate of drug-likeness (QED) is 0.573. The molecule has 20 heavy (non-hydrogen) atoms. The van der Waals surface area contributed by atoms with Crippen LogP contribution >= 0.6 is 34.4 Å². The molecule has 1 saturated heterocycles. The molecule has 1 fully saturated rings. The number of carbonyl (C=O) groups is 2. The van der Waals surface area contributed by atoms with Crippen molar-refractivity contribution in [3.63, 3.8) is 0 Å². The summed E-state index contributed by atoms with van der Waals surface area (Å²) >= 11 is 3.83. The zero-order chi connectivity index (χ0) is 14.5. The Morgan fingerprint density at radius 2 is 2.20 bits per heavy atom. The van der Waals surface area contributed by atoms with Crippen LogP contribution in [0.25, 0.3) is 0 Å². The Morgan fingerprint density at radius 3 is 2.90 bits per heavy atom. The highest BCUT2D eigenvalue weighted by Crippen LogP contribution is 2.22. The van der Waals surface area contributed by atoms with Crippen LogP contribution in [-0.4, -0.2) is 47.5 Å². The number of esters is 1. The summed E-state index contributed by atoms with van der Waals surface area (Å²) in [4.78, 5) is 26.3. The van der Waals surface area contributed by atoms with E-state index in [1.165, 1.54) is 0 Å². The summed E-state index contributed by atoms with van der Waals surface area (Å²) in [5, 5.41) is 0. The molecule has 0 aromatic heterocycles. The molecule has 6 heteroatoms. The molecule has 1 amide bonds. The molecular formula is C14H16INO3S. The maximum atomic E-state index is 12.6. The predicted octanol–water partition coefficient (Wildman–Crippen LogP) is 2.41. The van der Waals surface area contributed by atoms with E-state index >= 15 is 0 Å². The van der Waals surface area contributed by atoms with Crippen LogP contribution in [0.5, 0.6) is 0 Å². The van der Waals surface area contributed by atoms with Crippen molar-refractivity contribution in [2.75, 3.05) is 24.7 Å². The SMILES string of the molecule is CCOC(=O)C1CSCCN1C(=O)c1ccccc1I. The van der Waals surface area contributed by atoms with Crippen molar-refractivity contribution < 1.29 is 14.3 Å². The number of thioether (sulfide) groups is 1. The first-order valence-electron chi connectivity index (χ1n) is 6.45. The molecule has 0 aliphatic carbocycles. The standard InChI is InChI=1S/C14H16INO3S/c1-2-19-14(18)12-9-20-8-7-16(12)13(17)10-5-3-4-6-11(10)15/h3-6,12H,2,7-9H2,1H3. The first-order chi connectivity index (χ1) is 9.65. The third-order valence-electron chi connectivity index (χ3n) is 3.05. The van der Waals surface area contributed by atoms with Gasteiger partial charge in [-0.25, -0.2) is 4.79 Å². The third-order valence-corrected chi connectivity index (χ3v) is 5.02. The minimum absolute atomic E-state index is 0.0895. The first kappa shape index (κ1) is 15.6. The monoisotopic (exact) mass is 405 g/mol. The lowest BCUT2D eigenvalue weighted by Gasteiger charge is -2.33. The van der Waals surface area contributed by atoms with Gasteiger partial charge in [0.05, 0.1) is 12.2 Å². The Labute approximate surface area is 136 Å². The van der Waals surface area contributed by atoms with E-state index in [1.807, 2.05) is 18.2 Å². The van der Waals surface area contributed by atoms with Crippen molar-refractivity contribution in [1.82, 2.24) is 4.90 Å². The predicted molar refractivity (Wildman–Crippen MR) is 87.9 cm³/mol. The van der Waals surface area contributed by atoms with Gasteiger partial charge in [0.2, 0.25) is 0 Å². The average Bonchev–Trinajstić information content (AvgIpc) is 2.47. The molecular weight excluding hydrogens is 389 g/mol. The van der Waals surface area contributed by atoms with E-state index in [1.54, 1.807) is 29.7 Å². The lowest BCUT2D eigenvalue weighted by atomic mass is 10.1. The van der Waals surface area contributed by atoms with Gasteiger partial charge < -0.3 is 9.64 Å². The Kier molecular flexibility index (Phi) is 5.71. The summed E-state index contributed by atoms with van der Waals surface area (Å²) < 4.78 is 5.98. The molecule has 0 saturated carbocycles. The number of benzene rings is 1. The van der Waals surface area contributed by atoms with E-state index in [0.717, 1.165) is 9.32 Å². The highest BCUT2D eigenvalue weighted by atomic mass is 127. The fraction of sp³-hybridized carbons (Fsp3) is 0.429. The number of amides is 1. The highest BCUT2D eigenvalue weighted by molar-refractivity contribution is 14.1. The number of carbonyl (C=O) groups excluding carboxylic acids is 2. The van der Waals surface area contributed by atoms with E-state index in [0.29, 0.717) is 24.5 Å². The Hall–Kier alpha value is -0.760. The third kappa shape index (κ3) is 3.46. The number of nitrogens with zero attached hydrogens (tertiary/aromatic N) is 1. The van der Waals surface area contributed by atoms with Gasteiger partial charge in [0, 0.05) is 21.6 Å². The summed E-state index contributed by atoms with van der Waals surface area (Å²) in [6.45, 7) is 2.70. The summed E-state index contributed by atoms with van der Waals surface area (Å²) in [6, 6.07) is 6.96. The molecule has 2 rings (SSSR count). The molecule has 1 aliphatic rings. The summed E-state index contributed by atoms with van der Waals surface area (Å²) in [7, 11) is 0. The number of hydrogen-bond acceptors (Lipinski definition) is 4. The van der Waals surface area contributed by atoms with E-state index in [9.17, 15) is 9.59 Å². The summed E-state index contributed by atoms with van der Waals surface area (Å²) in [5.74, 6) is 1.06. The molecule has 1 heterocycles. The second kappa shape index (κ2) is 7.31. The molecule has 1 aliphatic heterocycles. The first-order valence-corrected chi connectivity index (χ1v) is 8.68. The lowest BCUT2D eigenvalue weighted by molar-refractivity contribution is -0.147. The highest BCUT2D eigenvalue weighted by Gasteiger charge is 2.34. The Bertz CT molecular complexity index is 509. The van der Waals surface area contributed by atoms with Crippen molar-refractivity contribution in [2.45, 2.75) is 13.0 Å². The zero-order valence-electron chi connectivity index (χ0n) is 11.2. The fourth-order valence-corrected chi connectivity index (χ4v) is 3.72. The van der Waals surface area contributed by atoms with Gasteiger partial charge in [-0.2, -0.15) is 11.8 Å². The minimum atomic E-state index is -0.475. The maximum Gasteiger partial charge on any atom is 0.329 e. The Balaban J connectivity index is 2.22. The molecule has 1 atom stereocenters. The van der Waals surface area contributed by atoms with Gasteiger partial charge in [0.25, 0.3) is 5.91 Å². The number of ether oxygens (including phenoxy) is 1. The van der Waals surface area contributed by atoms with Gasteiger partial charge >= 0.3 is 5.97 Å². The average molecular weight is 405 g/mol. The largest absolute Gasteiger partial charge is 0.464 e. The lowest BCUT2D eigenvalue weighted by Crippen LogP contribution is -2.51. The fourth-order valence-electron chi connectivity index (χ4n) is 2.07. The zero-order valence-corrected chi connectivity index (χ0v) is 14.1. The van der Waals surface area contributed by atoms with Crippen molar-refractivity contribution in [3.05, 3.63) is 33.4 Å². The normalized spacial score (nSPS) is 18.7. The Morgan fingerprint density at radius 1 is 1.45 bits per heavy atom. The van der Waals surface area contributed by atoms with Crippen molar-refractivity contribution in [2.24, 2.45) is 0 Å². The van der Waals surface area contributed by atoms with Crippen LogP contribution in [0.3, 0.4) is 0 Å². The van der Waals surface area contributed by atoms with E-state index in [-0.39, 0.29) is 11.9 Å². The van der Waals surface area contributed by atoms with Gasteiger partial charge in [-0.15, -0.1) is 0 Å². The van der Waals surface area contributed by atoms with Gasteiger partial charge in [0.1, 0.15) is 6.04 Å². The topological polar surface area (TPSA) is 46.6 Å². The summed E-state index contributed by atoms with van der Waals surface area (Å²) in [5.41, 5.74) is 0.647. The van der Waals surface area contributed by atoms with Crippen LogP contribution in [0.2, 0.25) is 0 Å². The number of halogens is 1. The van der Waals surface area contributed by atoms with Crippen molar-refractivity contribution >= 4 is 46.2 Å². The smallest absolute Gasteiger partial charge is 0.329 e. The van der Waals surface area contributed by atoms with E-state index in [4.69, 9.17) is 4.74 Å². The van der Waals surface area contributed by atoms with Crippen LogP contribution in [-0.2, 0) is 9.53 Å². The molecule has 0 spiro atoms. The van der Waals surface area contributed by atoms with Crippen molar-refractivity contribution in [1.29, 1.82) is 0 Å². The molecule has 4 nitrogen and oxygen atoms in total. The molecule has 1 aromatic carbocycles. The van der Waals surface area contributed by atoms with Crippen LogP contribution < -0.4 is 0 Å². The van der Waals surface area contributed by atoms with Crippen LogP contribution in [0.15, 0.2) is 24.3 Å². The molecule has 0 N–H and O–H groups in total. The second-order valence-electron chi connectivity index (χ2n) is 4.32. The van der Waals surface area contributed by atoms with Crippen LogP contribution in [0, 0.1) is 3.57 Å².